The molecule has 0 saturated heterocycles. The van der Waals surface area contributed by atoms with Gasteiger partial charge in [-0.3, -0.25) is 0 Å². The molecule has 0 saturated carbocycles. The average molecular weight is 228 g/mol. The van der Waals surface area contributed by atoms with Gasteiger partial charge in [0, 0.05) is 12.5 Å². The highest BCUT2D eigenvalue weighted by molar-refractivity contribution is 6.48. The molecule has 0 aliphatic carbocycles. The standard InChI is InChI=1S/C8H17Cl2OSi/c1-4-5-7(8(9)10)6-11-12(2)3/h7-8H,4-6H2,1-3H3. The summed E-state index contributed by atoms with van der Waals surface area (Å²) in [6, 6.07) is 0. The number of hydrogen-bond donors (Lipinski definition) is 0. The summed E-state index contributed by atoms with van der Waals surface area (Å²) in [7, 11) is -0.598. The molecule has 0 aromatic heterocycles. The summed E-state index contributed by atoms with van der Waals surface area (Å²) in [5.41, 5.74) is 0. The van der Waals surface area contributed by atoms with Gasteiger partial charge in [0.1, 0.15) is 4.84 Å². The molecule has 0 spiro atoms. The Hall–Kier alpha value is 0.757. The lowest BCUT2D eigenvalue weighted by Crippen LogP contribution is -2.20. The van der Waals surface area contributed by atoms with E-state index in [0.717, 1.165) is 12.8 Å². The van der Waals surface area contributed by atoms with Gasteiger partial charge in [-0.15, -0.1) is 23.2 Å². The molecule has 0 N–H and O–H groups in total. The van der Waals surface area contributed by atoms with Crippen molar-refractivity contribution in [3.8, 4) is 0 Å². The minimum atomic E-state index is -0.598. The van der Waals surface area contributed by atoms with E-state index in [9.17, 15) is 0 Å². The molecular weight excluding hydrogens is 211 g/mol. The fourth-order valence-corrected chi connectivity index (χ4v) is 1.87. The summed E-state index contributed by atoms with van der Waals surface area (Å²) in [6.07, 6.45) is 2.16. The van der Waals surface area contributed by atoms with Crippen molar-refractivity contribution in [3.63, 3.8) is 0 Å². The fraction of sp³-hybridized carbons (Fsp3) is 1.00. The van der Waals surface area contributed by atoms with Gasteiger partial charge < -0.3 is 4.43 Å². The van der Waals surface area contributed by atoms with Crippen LogP contribution in [0.15, 0.2) is 0 Å². The maximum Gasteiger partial charge on any atom is 0.204 e. The van der Waals surface area contributed by atoms with Gasteiger partial charge >= 0.3 is 0 Å². The lowest BCUT2D eigenvalue weighted by molar-refractivity contribution is 0.252. The van der Waals surface area contributed by atoms with Gasteiger partial charge in [-0.2, -0.15) is 0 Å². The number of halogens is 2. The predicted octanol–water partition coefficient (Wildman–Crippen LogP) is 3.47. The molecule has 73 valence electrons. The van der Waals surface area contributed by atoms with Crippen molar-refractivity contribution in [2.75, 3.05) is 6.61 Å². The van der Waals surface area contributed by atoms with E-state index in [1.54, 1.807) is 0 Å². The van der Waals surface area contributed by atoms with Crippen LogP contribution in [0.4, 0.5) is 0 Å². The molecule has 0 aliphatic rings. The van der Waals surface area contributed by atoms with Gasteiger partial charge in [-0.1, -0.05) is 13.3 Å². The van der Waals surface area contributed by atoms with Gasteiger partial charge in [0.15, 0.2) is 0 Å². The summed E-state index contributed by atoms with van der Waals surface area (Å²) in [6.45, 7) is 7.08. The van der Waals surface area contributed by atoms with Crippen LogP contribution in [0.2, 0.25) is 13.1 Å². The highest BCUT2D eigenvalue weighted by atomic mass is 35.5. The monoisotopic (exact) mass is 227 g/mol. The van der Waals surface area contributed by atoms with Crippen LogP contribution in [0.3, 0.4) is 0 Å². The molecule has 1 nitrogen and oxygen atoms in total. The SMILES string of the molecule is CCCC(CO[Si](C)C)C(Cl)Cl. The van der Waals surface area contributed by atoms with Crippen molar-refractivity contribution < 1.29 is 4.43 Å². The molecule has 0 bridgehead atoms. The molecule has 12 heavy (non-hydrogen) atoms. The zero-order valence-corrected chi connectivity index (χ0v) is 10.5. The lowest BCUT2D eigenvalue weighted by Gasteiger charge is -2.18. The molecule has 0 aromatic rings. The fourth-order valence-electron chi connectivity index (χ4n) is 0.927. The van der Waals surface area contributed by atoms with E-state index in [1.165, 1.54) is 0 Å². The second-order valence-corrected chi connectivity index (χ2v) is 6.37. The van der Waals surface area contributed by atoms with Crippen LogP contribution in [-0.4, -0.2) is 20.5 Å². The lowest BCUT2D eigenvalue weighted by atomic mass is 10.1. The van der Waals surface area contributed by atoms with Crippen LogP contribution in [-0.2, 0) is 4.43 Å². The smallest absolute Gasteiger partial charge is 0.204 e. The second kappa shape index (κ2) is 7.19. The van der Waals surface area contributed by atoms with E-state index >= 15 is 0 Å². The van der Waals surface area contributed by atoms with E-state index in [1.807, 2.05) is 0 Å². The van der Waals surface area contributed by atoms with Crippen molar-refractivity contribution in [1.29, 1.82) is 0 Å². The van der Waals surface area contributed by atoms with Crippen LogP contribution >= 0.6 is 23.2 Å². The molecule has 0 heterocycles. The Labute approximate surface area is 87.1 Å². The second-order valence-electron chi connectivity index (χ2n) is 3.10. The molecule has 0 aromatic carbocycles. The van der Waals surface area contributed by atoms with Crippen molar-refractivity contribution in [2.45, 2.75) is 37.7 Å². The first-order valence-electron chi connectivity index (χ1n) is 4.29. The molecule has 0 rings (SSSR count). The van der Waals surface area contributed by atoms with Gasteiger partial charge in [-0.25, -0.2) is 0 Å². The Kier molecular flexibility index (Phi) is 7.64. The normalized spacial score (nSPS) is 14.2. The summed E-state index contributed by atoms with van der Waals surface area (Å²) >= 11 is 11.6. The van der Waals surface area contributed by atoms with Gasteiger partial charge in [0.2, 0.25) is 9.04 Å². The van der Waals surface area contributed by atoms with E-state index < -0.39 is 9.04 Å². The Morgan fingerprint density at radius 3 is 2.25 bits per heavy atom. The summed E-state index contributed by atoms with van der Waals surface area (Å²) < 4.78 is 5.55. The van der Waals surface area contributed by atoms with E-state index in [0.29, 0.717) is 12.5 Å². The molecule has 1 atom stereocenters. The highest BCUT2D eigenvalue weighted by Crippen LogP contribution is 2.20. The van der Waals surface area contributed by atoms with Crippen LogP contribution in [0.1, 0.15) is 19.8 Å². The number of hydrogen-bond acceptors (Lipinski definition) is 1. The molecule has 0 amide bonds. The van der Waals surface area contributed by atoms with Crippen LogP contribution < -0.4 is 0 Å². The maximum absolute atomic E-state index is 5.80. The van der Waals surface area contributed by atoms with Gasteiger partial charge in [0.05, 0.1) is 0 Å². The third-order valence-corrected chi connectivity index (χ3v) is 3.06. The van der Waals surface area contributed by atoms with Gasteiger partial charge in [0.25, 0.3) is 0 Å². The van der Waals surface area contributed by atoms with Crippen LogP contribution in [0.5, 0.6) is 0 Å². The Balaban J connectivity index is 3.63. The Bertz CT molecular complexity index is 109. The van der Waals surface area contributed by atoms with Crippen LogP contribution in [0, 0.1) is 5.92 Å². The zero-order chi connectivity index (χ0) is 9.56. The molecule has 4 heteroatoms. The van der Waals surface area contributed by atoms with E-state index in [-0.39, 0.29) is 4.84 Å². The maximum atomic E-state index is 5.80. The molecule has 1 unspecified atom stereocenters. The summed E-state index contributed by atoms with van der Waals surface area (Å²) in [4.78, 5) is -0.286. The molecule has 0 fully saturated rings. The van der Waals surface area contributed by atoms with Crippen molar-refractivity contribution in [3.05, 3.63) is 0 Å². The van der Waals surface area contributed by atoms with Crippen LogP contribution in [0.25, 0.3) is 0 Å². The number of rotatable bonds is 6. The van der Waals surface area contributed by atoms with E-state index in [2.05, 4.69) is 20.0 Å². The third kappa shape index (κ3) is 6.29. The minimum Gasteiger partial charge on any atom is -0.417 e. The first kappa shape index (κ1) is 12.8. The predicted molar refractivity (Wildman–Crippen MR) is 57.3 cm³/mol. The first-order chi connectivity index (χ1) is 5.57. The zero-order valence-electron chi connectivity index (χ0n) is 7.94. The quantitative estimate of drug-likeness (QED) is 0.499. The largest absolute Gasteiger partial charge is 0.417 e. The molecular formula is C8H17Cl2OSi. The van der Waals surface area contributed by atoms with E-state index in [4.69, 9.17) is 27.6 Å². The average Bonchev–Trinajstić information content (AvgIpc) is 1.96. The summed E-state index contributed by atoms with van der Waals surface area (Å²) in [5.74, 6) is 0.304. The first-order valence-corrected chi connectivity index (χ1v) is 7.57. The highest BCUT2D eigenvalue weighted by Gasteiger charge is 2.16. The minimum absolute atomic E-state index is 0.286. The number of alkyl halides is 2. The molecule has 0 aliphatic heterocycles. The Morgan fingerprint density at radius 2 is 1.92 bits per heavy atom. The third-order valence-electron chi connectivity index (χ3n) is 1.60. The van der Waals surface area contributed by atoms with Gasteiger partial charge in [-0.05, 0) is 19.5 Å². The van der Waals surface area contributed by atoms with Crippen molar-refractivity contribution in [2.24, 2.45) is 5.92 Å². The summed E-state index contributed by atoms with van der Waals surface area (Å²) in [5, 5.41) is 0. The topological polar surface area (TPSA) is 9.23 Å². The van der Waals surface area contributed by atoms with Crippen molar-refractivity contribution >= 4 is 32.2 Å². The van der Waals surface area contributed by atoms with Crippen molar-refractivity contribution in [1.82, 2.24) is 0 Å². The Morgan fingerprint density at radius 1 is 1.33 bits per heavy atom. The molecule has 1 radical (unpaired) electrons.